The minimum atomic E-state index is -3.80. The van der Waals surface area contributed by atoms with E-state index < -0.39 is 27.3 Å². The van der Waals surface area contributed by atoms with Gasteiger partial charge in [-0.25, -0.2) is 17.5 Å². The lowest BCUT2D eigenvalue weighted by atomic mass is 10.2. The van der Waals surface area contributed by atoms with Gasteiger partial charge in [0.2, 0.25) is 10.0 Å². The summed E-state index contributed by atoms with van der Waals surface area (Å²) in [4.78, 5) is 25.9. The first-order valence-corrected chi connectivity index (χ1v) is 9.97. The number of thioether (sulfide) groups is 1. The first-order chi connectivity index (χ1) is 12.6. The van der Waals surface area contributed by atoms with Crippen LogP contribution in [0.5, 0.6) is 0 Å². The summed E-state index contributed by atoms with van der Waals surface area (Å²) in [5.74, 6) is -1.63. The molecule has 2 N–H and O–H groups in total. The number of hydrogen-bond donors (Lipinski definition) is 2. The molecule has 0 aliphatic carbocycles. The molecule has 0 saturated carbocycles. The second kappa shape index (κ2) is 8.51. The van der Waals surface area contributed by atoms with Gasteiger partial charge in [-0.15, -0.1) is 0 Å². The number of carbonyl (C=O) groups is 2. The number of rotatable bonds is 5. The van der Waals surface area contributed by atoms with E-state index in [0.717, 1.165) is 30.0 Å². The minimum Gasteiger partial charge on any atom is -0.339 e. The molecule has 0 radical (unpaired) electrons. The van der Waals surface area contributed by atoms with Gasteiger partial charge in [0.15, 0.2) is 0 Å². The Kier molecular flexibility index (Phi) is 6.58. The van der Waals surface area contributed by atoms with Crippen LogP contribution in [0.1, 0.15) is 10.4 Å². The summed E-state index contributed by atoms with van der Waals surface area (Å²) in [6.07, 6.45) is 0. The first kappa shape index (κ1) is 20.9. The Labute approximate surface area is 161 Å². The van der Waals surface area contributed by atoms with Crippen LogP contribution in [0.2, 0.25) is 0 Å². The van der Waals surface area contributed by atoms with Gasteiger partial charge < -0.3 is 10.2 Å². The maximum atomic E-state index is 14.0. The average Bonchev–Trinajstić information content (AvgIpc) is 2.63. The van der Waals surface area contributed by atoms with Crippen molar-refractivity contribution in [3.63, 3.8) is 0 Å². The van der Waals surface area contributed by atoms with Crippen LogP contribution in [0.4, 0.5) is 14.9 Å². The van der Waals surface area contributed by atoms with Crippen LogP contribution in [0, 0.1) is 5.82 Å². The molecule has 0 aromatic heterocycles. The third kappa shape index (κ3) is 5.28. The van der Waals surface area contributed by atoms with Crippen LogP contribution in [0.25, 0.3) is 0 Å². The van der Waals surface area contributed by atoms with Crippen molar-refractivity contribution in [3.8, 4) is 0 Å². The monoisotopic (exact) mass is 411 g/mol. The summed E-state index contributed by atoms with van der Waals surface area (Å²) in [6, 6.07) is 9.37. The molecule has 0 heterocycles. The fraction of sp³-hybridized carbons (Fsp3) is 0.176. The summed E-state index contributed by atoms with van der Waals surface area (Å²) in [5, 5.41) is 2.36. The fourth-order valence-electron chi connectivity index (χ4n) is 1.96. The number of anilines is 1. The van der Waals surface area contributed by atoms with Crippen LogP contribution < -0.4 is 10.0 Å². The van der Waals surface area contributed by atoms with Crippen molar-refractivity contribution in [2.45, 2.75) is 9.79 Å². The van der Waals surface area contributed by atoms with Crippen molar-refractivity contribution in [1.82, 2.24) is 9.62 Å². The second-order valence-electron chi connectivity index (χ2n) is 5.59. The van der Waals surface area contributed by atoms with Crippen molar-refractivity contribution in [2.75, 3.05) is 26.5 Å². The Hall–Kier alpha value is -2.43. The van der Waals surface area contributed by atoms with Crippen LogP contribution in [0.3, 0.4) is 0 Å². The fourth-order valence-corrected chi connectivity index (χ4v) is 3.37. The molecular weight excluding hydrogens is 393 g/mol. The van der Waals surface area contributed by atoms with Gasteiger partial charge in [0.25, 0.3) is 11.1 Å². The molecule has 2 aromatic rings. The largest absolute Gasteiger partial charge is 0.339 e. The van der Waals surface area contributed by atoms with Gasteiger partial charge in [-0.2, -0.15) is 0 Å². The molecule has 0 aliphatic rings. The number of amides is 2. The van der Waals surface area contributed by atoms with Gasteiger partial charge in [0, 0.05) is 24.7 Å². The molecule has 7 nitrogen and oxygen atoms in total. The zero-order valence-electron chi connectivity index (χ0n) is 14.8. The average molecular weight is 411 g/mol. The molecule has 0 fully saturated rings. The number of halogens is 1. The van der Waals surface area contributed by atoms with Crippen molar-refractivity contribution < 1.29 is 22.4 Å². The summed E-state index contributed by atoms with van der Waals surface area (Å²) in [6.45, 7) is 0. The lowest BCUT2D eigenvalue weighted by Crippen LogP contribution is -2.20. The van der Waals surface area contributed by atoms with E-state index in [1.165, 1.54) is 11.9 Å². The van der Waals surface area contributed by atoms with E-state index in [0.29, 0.717) is 10.6 Å². The molecule has 0 spiro atoms. The summed E-state index contributed by atoms with van der Waals surface area (Å²) >= 11 is 1.03. The van der Waals surface area contributed by atoms with Gasteiger partial charge in [-0.05, 0) is 61.3 Å². The van der Waals surface area contributed by atoms with Crippen molar-refractivity contribution in [1.29, 1.82) is 0 Å². The molecule has 0 atom stereocenters. The number of nitrogens with zero attached hydrogens (tertiary/aromatic N) is 1. The molecule has 0 aliphatic heterocycles. The van der Waals surface area contributed by atoms with Crippen molar-refractivity contribution in [2.24, 2.45) is 0 Å². The molecule has 27 heavy (non-hydrogen) atoms. The van der Waals surface area contributed by atoms with Crippen LogP contribution in [-0.2, 0) is 10.0 Å². The Balaban J connectivity index is 2.18. The molecule has 2 rings (SSSR count). The van der Waals surface area contributed by atoms with E-state index in [-0.39, 0.29) is 10.1 Å². The first-order valence-electron chi connectivity index (χ1n) is 7.67. The van der Waals surface area contributed by atoms with Crippen molar-refractivity contribution >= 4 is 38.6 Å². The van der Waals surface area contributed by atoms with E-state index in [1.807, 2.05) is 0 Å². The normalized spacial score (nSPS) is 11.1. The Bertz CT molecular complexity index is 961. The van der Waals surface area contributed by atoms with E-state index in [9.17, 15) is 22.4 Å². The Morgan fingerprint density at radius 2 is 1.70 bits per heavy atom. The zero-order chi connectivity index (χ0) is 20.2. The predicted molar refractivity (Wildman–Crippen MR) is 102 cm³/mol. The second-order valence-corrected chi connectivity index (χ2v) is 8.50. The number of hydrogen-bond acceptors (Lipinski definition) is 5. The number of carbonyl (C=O) groups excluding carboxylic acids is 2. The third-order valence-electron chi connectivity index (χ3n) is 3.44. The highest BCUT2D eigenvalue weighted by Gasteiger charge is 2.18. The van der Waals surface area contributed by atoms with Gasteiger partial charge in [0.1, 0.15) is 5.82 Å². The van der Waals surface area contributed by atoms with E-state index >= 15 is 0 Å². The summed E-state index contributed by atoms with van der Waals surface area (Å²) in [5.41, 5.74) is -0.0181. The van der Waals surface area contributed by atoms with E-state index in [1.54, 1.807) is 38.4 Å². The quantitative estimate of drug-likeness (QED) is 0.738. The van der Waals surface area contributed by atoms with Crippen LogP contribution >= 0.6 is 11.8 Å². The van der Waals surface area contributed by atoms with E-state index in [4.69, 9.17) is 0 Å². The van der Waals surface area contributed by atoms with Crippen LogP contribution in [-0.4, -0.2) is 45.6 Å². The third-order valence-corrected chi connectivity index (χ3v) is 5.90. The van der Waals surface area contributed by atoms with E-state index in [2.05, 4.69) is 10.0 Å². The molecule has 0 saturated heterocycles. The maximum absolute atomic E-state index is 14.0. The molecular formula is C17H18FN3O4S2. The molecule has 2 aromatic carbocycles. The van der Waals surface area contributed by atoms with Gasteiger partial charge in [0.05, 0.1) is 10.5 Å². The lowest BCUT2D eigenvalue weighted by molar-refractivity contribution is 0.102. The molecule has 2 amide bonds. The van der Waals surface area contributed by atoms with Crippen molar-refractivity contribution in [3.05, 3.63) is 53.8 Å². The smallest absolute Gasteiger partial charge is 0.285 e. The highest BCUT2D eigenvalue weighted by molar-refractivity contribution is 8.13. The van der Waals surface area contributed by atoms with Gasteiger partial charge in [-0.1, -0.05) is 0 Å². The Morgan fingerprint density at radius 3 is 2.26 bits per heavy atom. The Morgan fingerprint density at radius 1 is 1.07 bits per heavy atom. The highest BCUT2D eigenvalue weighted by Crippen LogP contribution is 2.23. The van der Waals surface area contributed by atoms with Gasteiger partial charge in [-0.3, -0.25) is 9.59 Å². The molecule has 144 valence electrons. The lowest BCUT2D eigenvalue weighted by Gasteiger charge is -2.10. The molecule has 0 unspecified atom stereocenters. The topological polar surface area (TPSA) is 95.6 Å². The molecule has 10 heteroatoms. The summed E-state index contributed by atoms with van der Waals surface area (Å²) < 4.78 is 39.7. The number of nitrogens with one attached hydrogen (secondary N) is 2. The molecule has 0 bridgehead atoms. The highest BCUT2D eigenvalue weighted by atomic mass is 32.2. The standard InChI is InChI=1S/C17H18FN3O4S2/c1-19-27(24,25)13-8-9-15(18)14(10-13)16(22)20-11-4-6-12(7-5-11)26-17(23)21(2)3/h4-10,19H,1-3H3,(H,20,22). The number of sulfonamides is 1. The van der Waals surface area contributed by atoms with Crippen LogP contribution in [0.15, 0.2) is 52.3 Å². The maximum Gasteiger partial charge on any atom is 0.285 e. The number of benzene rings is 2. The summed E-state index contributed by atoms with van der Waals surface area (Å²) in [7, 11) is 0.697. The van der Waals surface area contributed by atoms with Gasteiger partial charge >= 0.3 is 0 Å². The minimum absolute atomic E-state index is 0.142. The predicted octanol–water partition coefficient (Wildman–Crippen LogP) is 2.76. The SMILES string of the molecule is CNS(=O)(=O)c1ccc(F)c(C(=O)Nc2ccc(SC(=O)N(C)C)cc2)c1. The zero-order valence-corrected chi connectivity index (χ0v) is 16.4.